The standard InChI is InChI=1S/C13H18O6S/c1-12-5-4-8(19-12)13(11(16)18-3,20-7-6-14)9(12)10(15)17-2/h4-5,8-9,14H,6-7H2,1-3H3. The van der Waals surface area contributed by atoms with Gasteiger partial charge in [0, 0.05) is 5.75 Å². The summed E-state index contributed by atoms with van der Waals surface area (Å²) in [5.74, 6) is -1.56. The monoisotopic (exact) mass is 302 g/mol. The Morgan fingerprint density at radius 1 is 1.40 bits per heavy atom. The topological polar surface area (TPSA) is 82.1 Å². The molecule has 2 aliphatic rings. The number of hydrogen-bond acceptors (Lipinski definition) is 7. The van der Waals surface area contributed by atoms with Crippen LogP contribution in [0.1, 0.15) is 6.92 Å². The maximum atomic E-state index is 12.4. The van der Waals surface area contributed by atoms with Crippen molar-refractivity contribution in [2.24, 2.45) is 5.92 Å². The summed E-state index contributed by atoms with van der Waals surface area (Å²) in [6, 6.07) is 0. The highest BCUT2D eigenvalue weighted by atomic mass is 32.2. The molecule has 2 heterocycles. The number of fused-ring (bicyclic) bond motifs is 2. The molecule has 6 nitrogen and oxygen atoms in total. The number of aliphatic hydroxyl groups excluding tert-OH is 1. The number of aliphatic hydroxyl groups is 1. The quantitative estimate of drug-likeness (QED) is 0.571. The van der Waals surface area contributed by atoms with Crippen LogP contribution in [0.5, 0.6) is 0 Å². The van der Waals surface area contributed by atoms with Crippen LogP contribution in [0.25, 0.3) is 0 Å². The maximum Gasteiger partial charge on any atom is 0.326 e. The van der Waals surface area contributed by atoms with Crippen molar-refractivity contribution in [3.05, 3.63) is 12.2 Å². The van der Waals surface area contributed by atoms with Crippen molar-refractivity contribution in [1.29, 1.82) is 0 Å². The molecule has 0 amide bonds. The molecule has 0 aromatic rings. The van der Waals surface area contributed by atoms with Gasteiger partial charge in [-0.2, -0.15) is 0 Å². The van der Waals surface area contributed by atoms with E-state index in [1.165, 1.54) is 26.0 Å². The van der Waals surface area contributed by atoms with Crippen molar-refractivity contribution in [3.63, 3.8) is 0 Å². The molecule has 112 valence electrons. The fourth-order valence-electron chi connectivity index (χ4n) is 2.97. The van der Waals surface area contributed by atoms with Gasteiger partial charge in [-0.25, -0.2) is 0 Å². The normalized spacial score (nSPS) is 38.0. The summed E-state index contributed by atoms with van der Waals surface area (Å²) in [6.07, 6.45) is 2.97. The molecule has 4 unspecified atom stereocenters. The number of hydrogen-bond donors (Lipinski definition) is 1. The van der Waals surface area contributed by atoms with E-state index in [4.69, 9.17) is 19.3 Å². The lowest BCUT2D eigenvalue weighted by molar-refractivity contribution is -0.155. The van der Waals surface area contributed by atoms with Gasteiger partial charge in [0.1, 0.15) is 12.0 Å². The van der Waals surface area contributed by atoms with Crippen LogP contribution >= 0.6 is 11.8 Å². The van der Waals surface area contributed by atoms with Gasteiger partial charge in [-0.15, -0.1) is 11.8 Å². The summed E-state index contributed by atoms with van der Waals surface area (Å²) in [7, 11) is 2.55. The zero-order valence-corrected chi connectivity index (χ0v) is 12.4. The lowest BCUT2D eigenvalue weighted by Crippen LogP contribution is -2.55. The fourth-order valence-corrected chi connectivity index (χ4v) is 4.39. The van der Waals surface area contributed by atoms with Gasteiger partial charge in [0.25, 0.3) is 0 Å². The Kier molecular flexibility index (Phi) is 4.13. The van der Waals surface area contributed by atoms with Crippen LogP contribution in [0.4, 0.5) is 0 Å². The van der Waals surface area contributed by atoms with Crippen molar-refractivity contribution in [1.82, 2.24) is 0 Å². The summed E-state index contributed by atoms with van der Waals surface area (Å²) in [5, 5.41) is 9.06. The lowest BCUT2D eigenvalue weighted by Gasteiger charge is -2.36. The second-order valence-corrected chi connectivity index (χ2v) is 6.27. The first-order valence-corrected chi connectivity index (χ1v) is 7.23. The fraction of sp³-hybridized carbons (Fsp3) is 0.692. The van der Waals surface area contributed by atoms with Crippen molar-refractivity contribution >= 4 is 23.7 Å². The first-order chi connectivity index (χ1) is 9.46. The number of ether oxygens (including phenoxy) is 3. The average molecular weight is 302 g/mol. The van der Waals surface area contributed by atoms with Crippen LogP contribution in [0.3, 0.4) is 0 Å². The molecule has 2 bridgehead atoms. The molecule has 1 fully saturated rings. The molecule has 7 heteroatoms. The number of esters is 2. The van der Waals surface area contributed by atoms with Gasteiger partial charge in [0.05, 0.1) is 26.4 Å². The van der Waals surface area contributed by atoms with E-state index >= 15 is 0 Å². The Morgan fingerprint density at radius 2 is 2.10 bits per heavy atom. The highest BCUT2D eigenvalue weighted by molar-refractivity contribution is 8.01. The zero-order chi connectivity index (χ0) is 15.0. The van der Waals surface area contributed by atoms with E-state index in [2.05, 4.69) is 0 Å². The SMILES string of the molecule is COC(=O)C1C2(C)C=CC(O2)C1(SCCO)C(=O)OC. The molecule has 0 aromatic heterocycles. The zero-order valence-electron chi connectivity index (χ0n) is 11.6. The molecule has 1 saturated heterocycles. The van der Waals surface area contributed by atoms with Crippen molar-refractivity contribution in [3.8, 4) is 0 Å². The number of carbonyl (C=O) groups is 2. The summed E-state index contributed by atoms with van der Waals surface area (Å²) in [5.41, 5.74) is -0.894. The molecule has 0 saturated carbocycles. The van der Waals surface area contributed by atoms with E-state index in [0.29, 0.717) is 5.75 Å². The van der Waals surface area contributed by atoms with Gasteiger partial charge < -0.3 is 19.3 Å². The summed E-state index contributed by atoms with van der Waals surface area (Å²) in [6.45, 7) is 1.64. The van der Waals surface area contributed by atoms with E-state index in [1.807, 2.05) is 0 Å². The van der Waals surface area contributed by atoms with Gasteiger partial charge in [0.15, 0.2) is 4.75 Å². The van der Waals surface area contributed by atoms with Gasteiger partial charge in [-0.1, -0.05) is 12.2 Å². The molecule has 4 atom stereocenters. The van der Waals surface area contributed by atoms with Crippen LogP contribution < -0.4 is 0 Å². The maximum absolute atomic E-state index is 12.4. The predicted octanol–water partition coefficient (Wildman–Crippen LogP) is 0.140. The summed E-state index contributed by atoms with van der Waals surface area (Å²) >= 11 is 1.18. The third kappa shape index (κ3) is 1.96. The number of methoxy groups -OCH3 is 2. The molecule has 0 aromatic carbocycles. The molecule has 1 N–H and O–H groups in total. The third-order valence-corrected chi connectivity index (χ3v) is 5.28. The Morgan fingerprint density at radius 3 is 2.65 bits per heavy atom. The Hall–Kier alpha value is -1.05. The minimum Gasteiger partial charge on any atom is -0.469 e. The van der Waals surface area contributed by atoms with Crippen molar-refractivity contribution in [2.75, 3.05) is 26.6 Å². The second kappa shape index (κ2) is 5.38. The van der Waals surface area contributed by atoms with E-state index in [9.17, 15) is 9.59 Å². The van der Waals surface area contributed by atoms with Crippen LogP contribution in [0.2, 0.25) is 0 Å². The summed E-state index contributed by atoms with van der Waals surface area (Å²) in [4.78, 5) is 24.5. The van der Waals surface area contributed by atoms with E-state index in [1.54, 1.807) is 19.1 Å². The summed E-state index contributed by atoms with van der Waals surface area (Å²) < 4.78 is 14.3. The third-order valence-electron chi connectivity index (χ3n) is 3.78. The first-order valence-electron chi connectivity index (χ1n) is 6.24. The molecule has 20 heavy (non-hydrogen) atoms. The molecule has 2 rings (SSSR count). The Labute approximate surface area is 121 Å². The lowest BCUT2D eigenvalue weighted by atomic mass is 9.75. The molecule has 0 aliphatic carbocycles. The second-order valence-electron chi connectivity index (χ2n) is 4.89. The van der Waals surface area contributed by atoms with Crippen molar-refractivity contribution < 1.29 is 28.9 Å². The first kappa shape index (κ1) is 15.3. The van der Waals surface area contributed by atoms with Gasteiger partial charge in [-0.05, 0) is 6.92 Å². The smallest absolute Gasteiger partial charge is 0.326 e. The van der Waals surface area contributed by atoms with E-state index in [0.717, 1.165) is 0 Å². The molecule has 0 radical (unpaired) electrons. The van der Waals surface area contributed by atoms with Crippen LogP contribution in [0, 0.1) is 5.92 Å². The van der Waals surface area contributed by atoms with Crippen LogP contribution in [-0.4, -0.2) is 60.1 Å². The molecule has 0 spiro atoms. The number of thioether (sulfide) groups is 1. The van der Waals surface area contributed by atoms with Crippen molar-refractivity contribution in [2.45, 2.75) is 23.4 Å². The minimum absolute atomic E-state index is 0.107. The number of rotatable bonds is 5. The average Bonchev–Trinajstić information content (AvgIpc) is 2.95. The molecular weight excluding hydrogens is 284 g/mol. The largest absolute Gasteiger partial charge is 0.469 e. The Bertz CT molecular complexity index is 450. The van der Waals surface area contributed by atoms with Gasteiger partial charge in [0.2, 0.25) is 0 Å². The number of carbonyl (C=O) groups excluding carboxylic acids is 2. The minimum atomic E-state index is -1.21. The van der Waals surface area contributed by atoms with Crippen LogP contribution in [-0.2, 0) is 23.8 Å². The Balaban J connectivity index is 2.49. The van der Waals surface area contributed by atoms with Crippen LogP contribution in [0.15, 0.2) is 12.2 Å². The van der Waals surface area contributed by atoms with E-state index in [-0.39, 0.29) is 6.61 Å². The highest BCUT2D eigenvalue weighted by Crippen LogP contribution is 2.56. The highest BCUT2D eigenvalue weighted by Gasteiger charge is 2.71. The molecule has 2 aliphatic heterocycles. The van der Waals surface area contributed by atoms with E-state index < -0.39 is 34.3 Å². The molecular formula is C13H18O6S. The predicted molar refractivity (Wildman–Crippen MR) is 72.2 cm³/mol. The van der Waals surface area contributed by atoms with Gasteiger partial charge >= 0.3 is 11.9 Å². The van der Waals surface area contributed by atoms with Gasteiger partial charge in [-0.3, -0.25) is 9.59 Å².